The Balaban J connectivity index is 2.40. The van der Waals surface area contributed by atoms with Crippen LogP contribution in [0, 0.1) is 0 Å². The lowest BCUT2D eigenvalue weighted by atomic mass is 10.2. The molecule has 0 aromatic carbocycles. The van der Waals surface area contributed by atoms with Crippen molar-refractivity contribution in [3.8, 4) is 0 Å². The van der Waals surface area contributed by atoms with E-state index in [-0.39, 0.29) is 11.9 Å². The molecule has 0 saturated carbocycles. The third-order valence-corrected chi connectivity index (χ3v) is 2.81. The molecule has 1 aliphatic rings. The van der Waals surface area contributed by atoms with Crippen LogP contribution < -0.4 is 0 Å². The van der Waals surface area contributed by atoms with E-state index < -0.39 is 5.60 Å². The lowest BCUT2D eigenvalue weighted by Crippen LogP contribution is -2.38. The Labute approximate surface area is 109 Å². The van der Waals surface area contributed by atoms with Gasteiger partial charge >= 0.3 is 5.97 Å². The quantitative estimate of drug-likeness (QED) is 0.688. The van der Waals surface area contributed by atoms with Crippen LogP contribution in [-0.4, -0.2) is 60.0 Å². The van der Waals surface area contributed by atoms with Gasteiger partial charge in [-0.2, -0.15) is 0 Å². The van der Waals surface area contributed by atoms with Crippen LogP contribution in [0.1, 0.15) is 34.1 Å². The second kappa shape index (κ2) is 6.18. The first-order chi connectivity index (χ1) is 8.28. The van der Waals surface area contributed by atoms with Crippen LogP contribution in [-0.2, 0) is 14.3 Å². The SMILES string of the molecule is CC(=O)N1CCCN(CC(=O)OC(C)(C)C)CC1. The number of hydrogen-bond acceptors (Lipinski definition) is 4. The maximum absolute atomic E-state index is 11.7. The second-order valence-corrected chi connectivity index (χ2v) is 5.72. The van der Waals surface area contributed by atoms with Crippen molar-refractivity contribution in [1.29, 1.82) is 0 Å². The number of carbonyl (C=O) groups excluding carboxylic acids is 2. The number of amides is 1. The zero-order valence-electron chi connectivity index (χ0n) is 11.9. The molecular formula is C13H24N2O3. The molecule has 18 heavy (non-hydrogen) atoms. The highest BCUT2D eigenvalue weighted by Gasteiger charge is 2.21. The van der Waals surface area contributed by atoms with E-state index >= 15 is 0 Å². The predicted octanol–water partition coefficient (Wildman–Crippen LogP) is 0.882. The van der Waals surface area contributed by atoms with Crippen molar-refractivity contribution >= 4 is 11.9 Å². The Kier molecular flexibility index (Phi) is 5.14. The summed E-state index contributed by atoms with van der Waals surface area (Å²) in [6.07, 6.45) is 0.905. The molecule has 1 rings (SSSR count). The van der Waals surface area contributed by atoms with Crippen LogP contribution in [0.4, 0.5) is 0 Å². The summed E-state index contributed by atoms with van der Waals surface area (Å²) < 4.78 is 5.29. The van der Waals surface area contributed by atoms with Crippen molar-refractivity contribution in [2.75, 3.05) is 32.7 Å². The van der Waals surface area contributed by atoms with E-state index in [1.165, 1.54) is 0 Å². The second-order valence-electron chi connectivity index (χ2n) is 5.72. The first-order valence-electron chi connectivity index (χ1n) is 6.47. The number of ether oxygens (including phenoxy) is 1. The molecule has 1 fully saturated rings. The van der Waals surface area contributed by atoms with Crippen LogP contribution in [0.2, 0.25) is 0 Å². The first kappa shape index (κ1) is 15.0. The predicted molar refractivity (Wildman–Crippen MR) is 69.2 cm³/mol. The Hall–Kier alpha value is -1.10. The minimum Gasteiger partial charge on any atom is -0.459 e. The molecule has 104 valence electrons. The van der Waals surface area contributed by atoms with E-state index in [4.69, 9.17) is 4.74 Å². The largest absolute Gasteiger partial charge is 0.459 e. The van der Waals surface area contributed by atoms with Gasteiger partial charge in [0.05, 0.1) is 6.54 Å². The van der Waals surface area contributed by atoms with Crippen molar-refractivity contribution in [1.82, 2.24) is 9.80 Å². The summed E-state index contributed by atoms with van der Waals surface area (Å²) in [7, 11) is 0. The number of hydrogen-bond donors (Lipinski definition) is 0. The Morgan fingerprint density at radius 1 is 1.11 bits per heavy atom. The molecule has 0 unspecified atom stereocenters. The van der Waals surface area contributed by atoms with Crippen LogP contribution in [0.15, 0.2) is 0 Å². The van der Waals surface area contributed by atoms with Gasteiger partial charge in [0.25, 0.3) is 0 Å². The lowest BCUT2D eigenvalue weighted by molar-refractivity contribution is -0.156. The highest BCUT2D eigenvalue weighted by Crippen LogP contribution is 2.09. The van der Waals surface area contributed by atoms with Gasteiger partial charge in [-0.1, -0.05) is 0 Å². The molecule has 1 heterocycles. The molecule has 5 nitrogen and oxygen atoms in total. The number of nitrogens with zero attached hydrogens (tertiary/aromatic N) is 2. The molecule has 1 amide bonds. The Morgan fingerprint density at radius 2 is 1.78 bits per heavy atom. The minimum atomic E-state index is -0.436. The monoisotopic (exact) mass is 256 g/mol. The van der Waals surface area contributed by atoms with Gasteiger partial charge in [-0.05, 0) is 27.2 Å². The molecule has 0 atom stereocenters. The number of esters is 1. The van der Waals surface area contributed by atoms with Gasteiger partial charge in [0.2, 0.25) is 5.91 Å². The molecule has 0 N–H and O–H groups in total. The lowest BCUT2D eigenvalue weighted by Gasteiger charge is -2.24. The van der Waals surface area contributed by atoms with Gasteiger partial charge in [0, 0.05) is 33.1 Å². The molecule has 0 spiro atoms. The summed E-state index contributed by atoms with van der Waals surface area (Å²) in [6, 6.07) is 0. The Bertz CT molecular complexity index is 310. The number of rotatable bonds is 2. The molecule has 0 aromatic heterocycles. The van der Waals surface area contributed by atoms with Crippen molar-refractivity contribution in [2.45, 2.75) is 39.7 Å². The molecule has 0 bridgehead atoms. The maximum Gasteiger partial charge on any atom is 0.320 e. The fraction of sp³-hybridized carbons (Fsp3) is 0.846. The van der Waals surface area contributed by atoms with Gasteiger partial charge in [0.15, 0.2) is 0 Å². The van der Waals surface area contributed by atoms with E-state index in [1.807, 2.05) is 25.7 Å². The molecule has 1 saturated heterocycles. The maximum atomic E-state index is 11.7. The zero-order chi connectivity index (χ0) is 13.8. The van der Waals surface area contributed by atoms with Crippen LogP contribution in [0.3, 0.4) is 0 Å². The molecular weight excluding hydrogens is 232 g/mol. The third-order valence-electron chi connectivity index (χ3n) is 2.81. The van der Waals surface area contributed by atoms with Gasteiger partial charge in [-0.3, -0.25) is 14.5 Å². The van der Waals surface area contributed by atoms with Crippen molar-refractivity contribution in [3.63, 3.8) is 0 Å². The Morgan fingerprint density at radius 3 is 2.33 bits per heavy atom. The van der Waals surface area contributed by atoms with Crippen molar-refractivity contribution in [2.24, 2.45) is 0 Å². The van der Waals surface area contributed by atoms with E-state index in [1.54, 1.807) is 6.92 Å². The van der Waals surface area contributed by atoms with Crippen molar-refractivity contribution in [3.05, 3.63) is 0 Å². The first-order valence-corrected chi connectivity index (χ1v) is 6.47. The van der Waals surface area contributed by atoms with Gasteiger partial charge in [-0.25, -0.2) is 0 Å². The van der Waals surface area contributed by atoms with E-state index in [0.29, 0.717) is 13.1 Å². The highest BCUT2D eigenvalue weighted by atomic mass is 16.6. The van der Waals surface area contributed by atoms with Crippen LogP contribution >= 0.6 is 0 Å². The average Bonchev–Trinajstić information content (AvgIpc) is 2.40. The van der Waals surface area contributed by atoms with E-state index in [9.17, 15) is 9.59 Å². The topological polar surface area (TPSA) is 49.9 Å². The summed E-state index contributed by atoms with van der Waals surface area (Å²) in [5.74, 6) is -0.0899. The van der Waals surface area contributed by atoms with Gasteiger partial charge < -0.3 is 9.64 Å². The summed E-state index contributed by atoms with van der Waals surface area (Å²) in [5, 5.41) is 0. The molecule has 0 radical (unpaired) electrons. The average molecular weight is 256 g/mol. The van der Waals surface area contributed by atoms with Gasteiger partial charge in [-0.15, -0.1) is 0 Å². The van der Waals surface area contributed by atoms with Gasteiger partial charge in [0.1, 0.15) is 5.60 Å². The third kappa shape index (κ3) is 5.49. The van der Waals surface area contributed by atoms with Crippen molar-refractivity contribution < 1.29 is 14.3 Å². The fourth-order valence-electron chi connectivity index (χ4n) is 2.00. The highest BCUT2D eigenvalue weighted by molar-refractivity contribution is 5.73. The zero-order valence-corrected chi connectivity index (χ0v) is 11.9. The minimum absolute atomic E-state index is 0.106. The van der Waals surface area contributed by atoms with Crippen LogP contribution in [0.5, 0.6) is 0 Å². The summed E-state index contributed by atoms with van der Waals surface area (Å²) in [4.78, 5) is 26.9. The summed E-state index contributed by atoms with van der Waals surface area (Å²) in [6.45, 7) is 10.5. The fourth-order valence-corrected chi connectivity index (χ4v) is 2.00. The number of carbonyl (C=O) groups is 2. The van der Waals surface area contributed by atoms with Crippen LogP contribution in [0.25, 0.3) is 0 Å². The molecule has 1 aliphatic heterocycles. The summed E-state index contributed by atoms with van der Waals surface area (Å²) >= 11 is 0. The molecule has 0 aromatic rings. The van der Waals surface area contributed by atoms with E-state index in [0.717, 1.165) is 26.1 Å². The smallest absolute Gasteiger partial charge is 0.320 e. The van der Waals surface area contributed by atoms with E-state index in [2.05, 4.69) is 4.90 Å². The summed E-state index contributed by atoms with van der Waals surface area (Å²) in [5.41, 5.74) is -0.436. The normalized spacial score (nSPS) is 18.3. The molecule has 0 aliphatic carbocycles. The standard InChI is InChI=1S/C13H24N2O3/c1-11(16)15-7-5-6-14(8-9-15)10-12(17)18-13(2,3)4/h5-10H2,1-4H3. The molecule has 5 heteroatoms.